The van der Waals surface area contributed by atoms with Gasteiger partial charge < -0.3 is 10.4 Å². The number of rotatable bonds is 3. The number of aryl methyl sites for hydroxylation is 1. The molecule has 0 bridgehead atoms. The van der Waals surface area contributed by atoms with Crippen LogP contribution in [-0.4, -0.2) is 28.1 Å². The summed E-state index contributed by atoms with van der Waals surface area (Å²) < 4.78 is 0. The van der Waals surface area contributed by atoms with Crippen molar-refractivity contribution in [2.75, 3.05) is 0 Å². The summed E-state index contributed by atoms with van der Waals surface area (Å²) in [7, 11) is 0. The van der Waals surface area contributed by atoms with E-state index in [9.17, 15) is 20.0 Å². The van der Waals surface area contributed by atoms with Crippen molar-refractivity contribution in [1.29, 1.82) is 0 Å². The van der Waals surface area contributed by atoms with Gasteiger partial charge in [-0.3, -0.25) is 14.9 Å². The van der Waals surface area contributed by atoms with Gasteiger partial charge in [0.25, 0.3) is 11.6 Å². The highest BCUT2D eigenvalue weighted by atomic mass is 16.6. The molecule has 2 atom stereocenters. The first-order valence-corrected chi connectivity index (χ1v) is 6.73. The zero-order valence-corrected chi connectivity index (χ0v) is 11.3. The maximum atomic E-state index is 12.1. The quantitative estimate of drug-likeness (QED) is 0.652. The Hall–Kier alpha value is -1.95. The second-order valence-electron chi connectivity index (χ2n) is 5.19. The predicted octanol–water partition coefficient (Wildman–Crippen LogP) is 1.94. The van der Waals surface area contributed by atoms with Crippen LogP contribution in [0.1, 0.15) is 41.6 Å². The summed E-state index contributed by atoms with van der Waals surface area (Å²) in [5, 5.41) is 23.4. The normalized spacial score (nSPS) is 22.3. The number of carbonyl (C=O) groups excluding carboxylic acids is 1. The van der Waals surface area contributed by atoms with E-state index in [1.54, 1.807) is 6.92 Å². The van der Waals surface area contributed by atoms with Crippen molar-refractivity contribution >= 4 is 11.6 Å². The topological polar surface area (TPSA) is 92.5 Å². The molecule has 0 saturated heterocycles. The highest BCUT2D eigenvalue weighted by molar-refractivity contribution is 5.95. The Morgan fingerprint density at radius 1 is 1.40 bits per heavy atom. The molecule has 0 heterocycles. The second kappa shape index (κ2) is 6.00. The summed E-state index contributed by atoms with van der Waals surface area (Å²) in [6.45, 7) is 1.60. The summed E-state index contributed by atoms with van der Waals surface area (Å²) in [5.41, 5.74) is 0.831. The van der Waals surface area contributed by atoms with E-state index in [-0.39, 0.29) is 17.6 Å². The molecule has 1 aromatic rings. The third-order valence-electron chi connectivity index (χ3n) is 3.70. The molecule has 1 saturated carbocycles. The van der Waals surface area contributed by atoms with Crippen LogP contribution in [0.25, 0.3) is 0 Å². The lowest BCUT2D eigenvalue weighted by molar-refractivity contribution is -0.385. The van der Waals surface area contributed by atoms with Gasteiger partial charge in [-0.2, -0.15) is 0 Å². The number of amides is 1. The molecule has 2 unspecified atom stereocenters. The van der Waals surface area contributed by atoms with Gasteiger partial charge in [0.2, 0.25) is 0 Å². The Bertz CT molecular complexity index is 530. The van der Waals surface area contributed by atoms with Crippen molar-refractivity contribution in [1.82, 2.24) is 5.32 Å². The second-order valence-corrected chi connectivity index (χ2v) is 5.19. The third kappa shape index (κ3) is 3.14. The number of hydrogen-bond donors (Lipinski definition) is 2. The molecule has 0 aromatic heterocycles. The van der Waals surface area contributed by atoms with E-state index in [0.717, 1.165) is 19.3 Å². The molecule has 1 amide bonds. The van der Waals surface area contributed by atoms with Gasteiger partial charge in [0, 0.05) is 17.2 Å². The minimum Gasteiger partial charge on any atom is -0.391 e. The molecule has 0 spiro atoms. The van der Waals surface area contributed by atoms with Crippen molar-refractivity contribution in [2.24, 2.45) is 0 Å². The first-order valence-electron chi connectivity index (χ1n) is 6.73. The molecule has 6 heteroatoms. The summed E-state index contributed by atoms with van der Waals surface area (Å²) in [6.07, 6.45) is 2.92. The molecular weight excluding hydrogens is 260 g/mol. The molecular formula is C14H18N2O4. The fourth-order valence-electron chi connectivity index (χ4n) is 2.53. The average Bonchev–Trinajstić information content (AvgIpc) is 2.40. The average molecular weight is 278 g/mol. The van der Waals surface area contributed by atoms with Crippen molar-refractivity contribution in [2.45, 2.75) is 44.8 Å². The summed E-state index contributed by atoms with van der Waals surface area (Å²) >= 11 is 0. The molecule has 2 N–H and O–H groups in total. The lowest BCUT2D eigenvalue weighted by Gasteiger charge is -2.28. The third-order valence-corrected chi connectivity index (χ3v) is 3.70. The largest absolute Gasteiger partial charge is 0.391 e. The number of nitro groups is 1. The molecule has 1 fully saturated rings. The van der Waals surface area contributed by atoms with Crippen LogP contribution in [0.4, 0.5) is 5.69 Å². The Balaban J connectivity index is 2.09. The van der Waals surface area contributed by atoms with Crippen LogP contribution in [-0.2, 0) is 0 Å². The number of nitro benzene ring substituents is 1. The smallest absolute Gasteiger partial charge is 0.272 e. The van der Waals surface area contributed by atoms with E-state index in [1.165, 1.54) is 18.2 Å². The van der Waals surface area contributed by atoms with Crippen LogP contribution in [0.3, 0.4) is 0 Å². The lowest BCUT2D eigenvalue weighted by atomic mass is 9.92. The monoisotopic (exact) mass is 278 g/mol. The van der Waals surface area contributed by atoms with Crippen LogP contribution in [0, 0.1) is 17.0 Å². The molecule has 0 aliphatic heterocycles. The molecule has 1 aromatic carbocycles. The standard InChI is InChI=1S/C14H18N2O4/c1-9-8-10(6-7-12(9)16(19)20)14(18)15-11-4-2-3-5-13(11)17/h6-8,11,13,17H,2-5H2,1H3,(H,15,18). The van der Waals surface area contributed by atoms with Gasteiger partial charge in [-0.15, -0.1) is 0 Å². The van der Waals surface area contributed by atoms with Crippen LogP contribution >= 0.6 is 0 Å². The lowest BCUT2D eigenvalue weighted by Crippen LogP contribution is -2.45. The summed E-state index contributed by atoms with van der Waals surface area (Å²) in [6, 6.07) is 4.05. The number of benzene rings is 1. The van der Waals surface area contributed by atoms with Crippen molar-refractivity contribution in [3.8, 4) is 0 Å². The van der Waals surface area contributed by atoms with E-state index < -0.39 is 11.0 Å². The van der Waals surface area contributed by atoms with E-state index in [1.807, 2.05) is 0 Å². The number of aliphatic hydroxyl groups excluding tert-OH is 1. The van der Waals surface area contributed by atoms with Gasteiger partial charge in [-0.25, -0.2) is 0 Å². The van der Waals surface area contributed by atoms with Gasteiger partial charge in [0.15, 0.2) is 0 Å². The van der Waals surface area contributed by atoms with Gasteiger partial charge in [-0.1, -0.05) is 12.8 Å². The maximum absolute atomic E-state index is 12.1. The fraction of sp³-hybridized carbons (Fsp3) is 0.500. The minimum atomic E-state index is -0.508. The van der Waals surface area contributed by atoms with Gasteiger partial charge in [0.05, 0.1) is 17.1 Å². The zero-order valence-electron chi connectivity index (χ0n) is 11.3. The zero-order chi connectivity index (χ0) is 14.7. The Morgan fingerprint density at radius 2 is 2.10 bits per heavy atom. The molecule has 1 aliphatic carbocycles. The Labute approximate surface area is 117 Å². The molecule has 2 rings (SSSR count). The van der Waals surface area contributed by atoms with Crippen molar-refractivity contribution in [3.05, 3.63) is 39.4 Å². The number of aliphatic hydroxyl groups is 1. The molecule has 1 aliphatic rings. The predicted molar refractivity (Wildman–Crippen MR) is 73.6 cm³/mol. The van der Waals surface area contributed by atoms with E-state index in [4.69, 9.17) is 0 Å². The van der Waals surface area contributed by atoms with Gasteiger partial charge in [0.1, 0.15) is 0 Å². The van der Waals surface area contributed by atoms with Crippen LogP contribution < -0.4 is 5.32 Å². The van der Waals surface area contributed by atoms with Gasteiger partial charge in [-0.05, 0) is 31.9 Å². The summed E-state index contributed by atoms with van der Waals surface area (Å²) in [5.74, 6) is -0.297. The number of nitrogens with zero attached hydrogens (tertiary/aromatic N) is 1. The van der Waals surface area contributed by atoms with E-state index in [2.05, 4.69) is 5.32 Å². The van der Waals surface area contributed by atoms with Crippen molar-refractivity contribution in [3.63, 3.8) is 0 Å². The first-order chi connectivity index (χ1) is 9.49. The summed E-state index contributed by atoms with van der Waals surface area (Å²) in [4.78, 5) is 22.4. The van der Waals surface area contributed by atoms with E-state index >= 15 is 0 Å². The maximum Gasteiger partial charge on any atom is 0.272 e. The minimum absolute atomic E-state index is 0.000693. The first kappa shape index (κ1) is 14.5. The highest BCUT2D eigenvalue weighted by Crippen LogP contribution is 2.21. The molecule has 20 heavy (non-hydrogen) atoms. The number of hydrogen-bond acceptors (Lipinski definition) is 4. The SMILES string of the molecule is Cc1cc(C(=O)NC2CCCCC2O)ccc1[N+](=O)[O-]. The van der Waals surface area contributed by atoms with Crippen molar-refractivity contribution < 1.29 is 14.8 Å². The molecule has 0 radical (unpaired) electrons. The van der Waals surface area contributed by atoms with Crippen LogP contribution in [0.2, 0.25) is 0 Å². The Morgan fingerprint density at radius 3 is 2.70 bits per heavy atom. The van der Waals surface area contributed by atoms with Crippen LogP contribution in [0.5, 0.6) is 0 Å². The number of carbonyl (C=O) groups is 1. The van der Waals surface area contributed by atoms with E-state index in [0.29, 0.717) is 17.5 Å². The number of nitrogens with one attached hydrogen (secondary N) is 1. The Kier molecular flexibility index (Phi) is 4.34. The molecule has 108 valence electrons. The fourth-order valence-corrected chi connectivity index (χ4v) is 2.53. The molecule has 6 nitrogen and oxygen atoms in total. The van der Waals surface area contributed by atoms with Gasteiger partial charge >= 0.3 is 0 Å². The highest BCUT2D eigenvalue weighted by Gasteiger charge is 2.25. The van der Waals surface area contributed by atoms with Crippen LogP contribution in [0.15, 0.2) is 18.2 Å².